The van der Waals surface area contributed by atoms with Gasteiger partial charge in [0, 0.05) is 19.8 Å². The number of rotatable bonds is 6. The van der Waals surface area contributed by atoms with Gasteiger partial charge in [-0.25, -0.2) is 0 Å². The third-order valence-corrected chi connectivity index (χ3v) is 2.09. The maximum absolute atomic E-state index is 11.8. The van der Waals surface area contributed by atoms with Crippen LogP contribution in [0.4, 0.5) is 0 Å². The van der Waals surface area contributed by atoms with Crippen LogP contribution in [0.25, 0.3) is 0 Å². The summed E-state index contributed by atoms with van der Waals surface area (Å²) in [7, 11) is 2.86. The second-order valence-electron chi connectivity index (χ2n) is 3.12. The fourth-order valence-electron chi connectivity index (χ4n) is 1.33. The van der Waals surface area contributed by atoms with E-state index in [1.54, 1.807) is 24.3 Å². The molecule has 0 aliphatic carbocycles. The van der Waals surface area contributed by atoms with Crippen molar-refractivity contribution in [3.05, 3.63) is 29.8 Å². The highest BCUT2D eigenvalue weighted by molar-refractivity contribution is 5.98. The Kier molecular flexibility index (Phi) is 4.95. The van der Waals surface area contributed by atoms with Crippen LogP contribution in [0.2, 0.25) is 0 Å². The van der Waals surface area contributed by atoms with Gasteiger partial charge in [-0.3, -0.25) is 4.79 Å². The molecule has 0 bridgehead atoms. The van der Waals surface area contributed by atoms with Gasteiger partial charge in [-0.05, 0) is 31.2 Å². The smallest absolute Gasteiger partial charge is 0.222 e. The van der Waals surface area contributed by atoms with Crippen LogP contribution in [-0.2, 0) is 9.47 Å². The first-order valence-corrected chi connectivity index (χ1v) is 5.05. The standard InChI is InChI=1S/C12H16O4/c1-4-16-10-7-5-9(6-8-10)11(13)12(14-2)15-3/h5-8,12H,4H2,1-3H3. The molecule has 0 aliphatic rings. The van der Waals surface area contributed by atoms with E-state index in [0.717, 1.165) is 5.75 Å². The molecule has 0 aliphatic heterocycles. The van der Waals surface area contributed by atoms with Gasteiger partial charge in [0.1, 0.15) is 5.75 Å². The molecule has 0 aromatic heterocycles. The lowest BCUT2D eigenvalue weighted by Crippen LogP contribution is -2.24. The van der Waals surface area contributed by atoms with E-state index in [4.69, 9.17) is 14.2 Å². The molecule has 4 nitrogen and oxygen atoms in total. The Bertz CT molecular complexity index is 327. The van der Waals surface area contributed by atoms with E-state index in [0.29, 0.717) is 12.2 Å². The molecule has 0 saturated heterocycles. The first-order valence-electron chi connectivity index (χ1n) is 5.05. The normalized spacial score (nSPS) is 10.5. The average molecular weight is 224 g/mol. The van der Waals surface area contributed by atoms with E-state index in [2.05, 4.69) is 0 Å². The van der Waals surface area contributed by atoms with Gasteiger partial charge in [0.2, 0.25) is 12.1 Å². The molecule has 16 heavy (non-hydrogen) atoms. The zero-order valence-corrected chi connectivity index (χ0v) is 9.73. The van der Waals surface area contributed by atoms with Gasteiger partial charge < -0.3 is 14.2 Å². The molecule has 0 amide bonds. The van der Waals surface area contributed by atoms with Crippen LogP contribution in [0.1, 0.15) is 17.3 Å². The van der Waals surface area contributed by atoms with Gasteiger partial charge in [-0.15, -0.1) is 0 Å². The zero-order chi connectivity index (χ0) is 12.0. The second kappa shape index (κ2) is 6.25. The van der Waals surface area contributed by atoms with E-state index >= 15 is 0 Å². The number of ketones is 1. The summed E-state index contributed by atoms with van der Waals surface area (Å²) in [4.78, 5) is 11.8. The summed E-state index contributed by atoms with van der Waals surface area (Å²) in [6, 6.07) is 6.88. The number of ether oxygens (including phenoxy) is 3. The molecule has 88 valence electrons. The third kappa shape index (κ3) is 3.05. The van der Waals surface area contributed by atoms with Crippen LogP contribution < -0.4 is 4.74 Å². The molecule has 0 N–H and O–H groups in total. The molecule has 1 aromatic rings. The highest BCUT2D eigenvalue weighted by Gasteiger charge is 2.18. The minimum Gasteiger partial charge on any atom is -0.494 e. The number of carbonyl (C=O) groups excluding carboxylic acids is 1. The summed E-state index contributed by atoms with van der Waals surface area (Å²) in [5.41, 5.74) is 0.539. The summed E-state index contributed by atoms with van der Waals surface area (Å²) >= 11 is 0. The maximum Gasteiger partial charge on any atom is 0.222 e. The highest BCUT2D eigenvalue weighted by atomic mass is 16.7. The quantitative estimate of drug-likeness (QED) is 0.546. The number of hydrogen-bond donors (Lipinski definition) is 0. The third-order valence-electron chi connectivity index (χ3n) is 2.09. The maximum atomic E-state index is 11.8. The second-order valence-corrected chi connectivity index (χ2v) is 3.12. The molecular weight excluding hydrogens is 208 g/mol. The molecular formula is C12H16O4. The predicted octanol–water partition coefficient (Wildman–Crippen LogP) is 1.89. The van der Waals surface area contributed by atoms with Crippen molar-refractivity contribution >= 4 is 5.78 Å². The molecule has 0 atom stereocenters. The van der Waals surface area contributed by atoms with Crippen LogP contribution in [0.3, 0.4) is 0 Å². The van der Waals surface area contributed by atoms with E-state index in [-0.39, 0.29) is 5.78 Å². The Hall–Kier alpha value is -1.39. The molecule has 0 spiro atoms. The Morgan fingerprint density at radius 3 is 2.19 bits per heavy atom. The number of carbonyl (C=O) groups is 1. The van der Waals surface area contributed by atoms with Crippen molar-refractivity contribution in [2.24, 2.45) is 0 Å². The summed E-state index contributed by atoms with van der Waals surface area (Å²) < 4.78 is 15.1. The molecule has 1 aromatic carbocycles. The van der Waals surface area contributed by atoms with E-state index in [1.807, 2.05) is 6.92 Å². The van der Waals surface area contributed by atoms with Gasteiger partial charge in [0.05, 0.1) is 6.61 Å². The SMILES string of the molecule is CCOc1ccc(C(=O)C(OC)OC)cc1. The van der Waals surface area contributed by atoms with E-state index in [1.165, 1.54) is 14.2 Å². The van der Waals surface area contributed by atoms with Gasteiger partial charge in [0.15, 0.2) is 0 Å². The summed E-state index contributed by atoms with van der Waals surface area (Å²) in [5.74, 6) is 0.540. The van der Waals surface area contributed by atoms with Crippen molar-refractivity contribution < 1.29 is 19.0 Å². The van der Waals surface area contributed by atoms with E-state index in [9.17, 15) is 4.79 Å². The highest BCUT2D eigenvalue weighted by Crippen LogP contribution is 2.14. The fraction of sp³-hybridized carbons (Fsp3) is 0.417. The first kappa shape index (κ1) is 12.7. The minimum absolute atomic E-state index is 0.201. The van der Waals surface area contributed by atoms with Gasteiger partial charge in [0.25, 0.3) is 0 Å². The van der Waals surface area contributed by atoms with Crippen molar-refractivity contribution in [1.29, 1.82) is 0 Å². The predicted molar refractivity (Wildman–Crippen MR) is 59.7 cm³/mol. The molecule has 4 heteroatoms. The van der Waals surface area contributed by atoms with Crippen LogP contribution in [0.5, 0.6) is 5.75 Å². The van der Waals surface area contributed by atoms with Crippen molar-refractivity contribution in [3.8, 4) is 5.75 Å². The Balaban J connectivity index is 2.76. The topological polar surface area (TPSA) is 44.8 Å². The zero-order valence-electron chi connectivity index (χ0n) is 9.73. The lowest BCUT2D eigenvalue weighted by atomic mass is 10.1. The van der Waals surface area contributed by atoms with Crippen molar-refractivity contribution in [1.82, 2.24) is 0 Å². The van der Waals surface area contributed by atoms with Crippen LogP contribution in [-0.4, -0.2) is 32.9 Å². The number of methoxy groups -OCH3 is 2. The summed E-state index contributed by atoms with van der Waals surface area (Å²) in [6.07, 6.45) is -0.849. The number of hydrogen-bond acceptors (Lipinski definition) is 4. The molecule has 0 unspecified atom stereocenters. The lowest BCUT2D eigenvalue weighted by Gasteiger charge is -2.12. The van der Waals surface area contributed by atoms with Gasteiger partial charge in [-0.1, -0.05) is 0 Å². The Morgan fingerprint density at radius 1 is 1.19 bits per heavy atom. The monoisotopic (exact) mass is 224 g/mol. The van der Waals surface area contributed by atoms with Crippen molar-refractivity contribution in [2.45, 2.75) is 13.2 Å². The van der Waals surface area contributed by atoms with Crippen LogP contribution in [0.15, 0.2) is 24.3 Å². The molecule has 0 saturated carbocycles. The Labute approximate surface area is 95.1 Å². The molecule has 0 radical (unpaired) electrons. The van der Waals surface area contributed by atoms with E-state index < -0.39 is 6.29 Å². The lowest BCUT2D eigenvalue weighted by molar-refractivity contribution is -0.0742. The summed E-state index contributed by atoms with van der Waals surface area (Å²) in [5, 5.41) is 0. The molecule has 0 fully saturated rings. The van der Waals surface area contributed by atoms with Crippen LogP contribution >= 0.6 is 0 Å². The number of Topliss-reactive ketones (excluding diaryl/α,β-unsaturated/α-hetero) is 1. The largest absolute Gasteiger partial charge is 0.494 e. The molecule has 0 heterocycles. The first-order chi connectivity index (χ1) is 7.72. The summed E-state index contributed by atoms with van der Waals surface area (Å²) in [6.45, 7) is 2.51. The minimum atomic E-state index is -0.849. The fourth-order valence-corrected chi connectivity index (χ4v) is 1.33. The van der Waals surface area contributed by atoms with Crippen molar-refractivity contribution in [3.63, 3.8) is 0 Å². The van der Waals surface area contributed by atoms with Crippen molar-refractivity contribution in [2.75, 3.05) is 20.8 Å². The van der Waals surface area contributed by atoms with Gasteiger partial charge in [-0.2, -0.15) is 0 Å². The average Bonchev–Trinajstić information content (AvgIpc) is 2.32. The Morgan fingerprint density at radius 2 is 1.75 bits per heavy atom. The van der Waals surface area contributed by atoms with Gasteiger partial charge >= 0.3 is 0 Å². The molecule has 1 rings (SSSR count). The van der Waals surface area contributed by atoms with Crippen LogP contribution in [0, 0.1) is 0 Å². The number of benzene rings is 1.